The van der Waals surface area contributed by atoms with Gasteiger partial charge in [0, 0.05) is 31.8 Å². The number of aliphatic hydroxyl groups excluding tert-OH is 1. The zero-order valence-electron chi connectivity index (χ0n) is 15.6. The Morgan fingerprint density at radius 3 is 2.68 bits per heavy atom. The first kappa shape index (κ1) is 21.4. The number of carbonyl (C=O) groups is 2. The van der Waals surface area contributed by atoms with Gasteiger partial charge in [-0.05, 0) is 6.42 Å². The monoisotopic (exact) mass is 355 g/mol. The summed E-state index contributed by atoms with van der Waals surface area (Å²) in [4.78, 5) is 31.0. The molecule has 1 fully saturated rings. The standard InChI is InChI=1S/C18H33N3O4/c1-3-4-5-6-7-8-9-18(24)21-14-15(20-25-2)12-16(21)13-17(23)19-10-11-22/h16,22H,3-14H2,1-2H3,(H,19,23)/t16-/m0/s1. The van der Waals surface area contributed by atoms with Crippen LogP contribution in [0.4, 0.5) is 0 Å². The molecule has 1 heterocycles. The van der Waals surface area contributed by atoms with Crippen LogP contribution in [0, 0.1) is 0 Å². The van der Waals surface area contributed by atoms with Crippen molar-refractivity contribution in [3.63, 3.8) is 0 Å². The van der Waals surface area contributed by atoms with Gasteiger partial charge in [0.05, 0.1) is 18.9 Å². The van der Waals surface area contributed by atoms with E-state index in [2.05, 4.69) is 17.4 Å². The van der Waals surface area contributed by atoms with Gasteiger partial charge >= 0.3 is 0 Å². The van der Waals surface area contributed by atoms with Crippen molar-refractivity contribution in [3.8, 4) is 0 Å². The molecule has 1 atom stereocenters. The van der Waals surface area contributed by atoms with Crippen molar-refractivity contribution < 1.29 is 19.5 Å². The third kappa shape index (κ3) is 8.34. The van der Waals surface area contributed by atoms with E-state index in [1.54, 1.807) is 4.90 Å². The van der Waals surface area contributed by atoms with Gasteiger partial charge in [0.15, 0.2) is 0 Å². The van der Waals surface area contributed by atoms with E-state index >= 15 is 0 Å². The molecular formula is C18H33N3O4. The summed E-state index contributed by atoms with van der Waals surface area (Å²) >= 11 is 0. The molecular weight excluding hydrogens is 322 g/mol. The quantitative estimate of drug-likeness (QED) is 0.413. The molecule has 1 aliphatic heterocycles. The SMILES string of the molecule is CCCCCCCCC(=O)N1CC(=NOC)C[C@H]1CC(=O)NCCO. The molecule has 0 bridgehead atoms. The van der Waals surface area contributed by atoms with Gasteiger partial charge in [-0.3, -0.25) is 9.59 Å². The number of nitrogens with zero attached hydrogens (tertiary/aromatic N) is 2. The fraction of sp³-hybridized carbons (Fsp3) is 0.833. The topological polar surface area (TPSA) is 91.2 Å². The van der Waals surface area contributed by atoms with Crippen molar-refractivity contribution in [3.05, 3.63) is 0 Å². The summed E-state index contributed by atoms with van der Waals surface area (Å²) in [5.41, 5.74) is 0.791. The fourth-order valence-corrected chi connectivity index (χ4v) is 3.12. The Labute approximate surface area is 150 Å². The minimum atomic E-state index is -0.180. The van der Waals surface area contributed by atoms with E-state index in [-0.39, 0.29) is 37.4 Å². The number of nitrogens with one attached hydrogen (secondary N) is 1. The van der Waals surface area contributed by atoms with E-state index in [9.17, 15) is 9.59 Å². The van der Waals surface area contributed by atoms with Gasteiger partial charge < -0.3 is 20.2 Å². The zero-order chi connectivity index (χ0) is 18.5. The van der Waals surface area contributed by atoms with E-state index in [0.29, 0.717) is 19.4 Å². The molecule has 0 aliphatic carbocycles. The lowest BCUT2D eigenvalue weighted by Crippen LogP contribution is -2.39. The van der Waals surface area contributed by atoms with Crippen LogP contribution in [0.25, 0.3) is 0 Å². The van der Waals surface area contributed by atoms with Gasteiger partial charge in [0.1, 0.15) is 7.11 Å². The first-order valence-electron chi connectivity index (χ1n) is 9.38. The van der Waals surface area contributed by atoms with Crippen molar-refractivity contribution >= 4 is 17.5 Å². The Morgan fingerprint density at radius 1 is 1.28 bits per heavy atom. The number of amides is 2. The molecule has 7 heteroatoms. The van der Waals surface area contributed by atoms with Crippen molar-refractivity contribution in [1.82, 2.24) is 10.2 Å². The van der Waals surface area contributed by atoms with Crippen LogP contribution in [0.5, 0.6) is 0 Å². The second kappa shape index (κ2) is 12.7. The minimum absolute atomic E-state index is 0.0803. The van der Waals surface area contributed by atoms with Crippen molar-refractivity contribution in [2.75, 3.05) is 26.8 Å². The largest absolute Gasteiger partial charge is 0.399 e. The molecule has 144 valence electrons. The highest BCUT2D eigenvalue weighted by atomic mass is 16.6. The van der Waals surface area contributed by atoms with E-state index in [1.807, 2.05) is 0 Å². The fourth-order valence-electron chi connectivity index (χ4n) is 3.12. The summed E-state index contributed by atoms with van der Waals surface area (Å²) in [6.07, 6.45) is 8.13. The van der Waals surface area contributed by atoms with Gasteiger partial charge in [-0.25, -0.2) is 0 Å². The summed E-state index contributed by atoms with van der Waals surface area (Å²) in [7, 11) is 1.48. The Hall–Kier alpha value is -1.63. The number of carbonyl (C=O) groups excluding carboxylic acids is 2. The van der Waals surface area contributed by atoms with Crippen LogP contribution in [0.2, 0.25) is 0 Å². The normalized spacial score (nSPS) is 18.6. The van der Waals surface area contributed by atoms with E-state index < -0.39 is 0 Å². The summed E-state index contributed by atoms with van der Waals surface area (Å²) in [6, 6.07) is -0.180. The Balaban J connectivity index is 2.48. The van der Waals surface area contributed by atoms with Crippen LogP contribution >= 0.6 is 0 Å². The predicted molar refractivity (Wildman–Crippen MR) is 97.3 cm³/mol. The summed E-state index contributed by atoms with van der Waals surface area (Å²) in [5.74, 6) is -0.0770. The minimum Gasteiger partial charge on any atom is -0.399 e. The third-order valence-corrected chi connectivity index (χ3v) is 4.40. The lowest BCUT2D eigenvalue weighted by molar-refractivity contribution is -0.133. The number of rotatable bonds is 12. The van der Waals surface area contributed by atoms with Crippen LogP contribution in [0.15, 0.2) is 5.16 Å². The number of likely N-dealkylation sites (tertiary alicyclic amines) is 1. The molecule has 0 radical (unpaired) electrons. The average Bonchev–Trinajstić information content (AvgIpc) is 2.98. The lowest BCUT2D eigenvalue weighted by Gasteiger charge is -2.23. The zero-order valence-corrected chi connectivity index (χ0v) is 15.6. The maximum atomic E-state index is 12.5. The van der Waals surface area contributed by atoms with Gasteiger partial charge in [0.25, 0.3) is 0 Å². The number of aliphatic hydroxyl groups is 1. The molecule has 7 nitrogen and oxygen atoms in total. The van der Waals surface area contributed by atoms with Crippen LogP contribution in [0.1, 0.15) is 64.7 Å². The van der Waals surface area contributed by atoms with Gasteiger partial charge in [-0.15, -0.1) is 0 Å². The van der Waals surface area contributed by atoms with Crippen molar-refractivity contribution in [2.45, 2.75) is 70.8 Å². The van der Waals surface area contributed by atoms with Crippen LogP contribution in [-0.4, -0.2) is 60.4 Å². The summed E-state index contributed by atoms with van der Waals surface area (Å²) < 4.78 is 0. The Bertz CT molecular complexity index is 440. The number of oxime groups is 1. The van der Waals surface area contributed by atoms with Crippen LogP contribution in [-0.2, 0) is 14.4 Å². The predicted octanol–water partition coefficient (Wildman–Crippen LogP) is 1.84. The maximum absolute atomic E-state index is 12.5. The third-order valence-electron chi connectivity index (χ3n) is 4.40. The van der Waals surface area contributed by atoms with Crippen molar-refractivity contribution in [1.29, 1.82) is 0 Å². The van der Waals surface area contributed by atoms with E-state index in [0.717, 1.165) is 18.6 Å². The molecule has 2 N–H and O–H groups in total. The molecule has 1 saturated heterocycles. The highest BCUT2D eigenvalue weighted by molar-refractivity contribution is 5.94. The molecule has 2 amide bonds. The molecule has 0 spiro atoms. The Kier molecular flexibility index (Phi) is 10.9. The molecule has 1 aliphatic rings. The lowest BCUT2D eigenvalue weighted by atomic mass is 10.1. The maximum Gasteiger partial charge on any atom is 0.223 e. The van der Waals surface area contributed by atoms with E-state index in [4.69, 9.17) is 9.94 Å². The first-order valence-corrected chi connectivity index (χ1v) is 9.38. The Morgan fingerprint density at radius 2 is 2.00 bits per heavy atom. The molecule has 0 aromatic heterocycles. The number of hydrogen-bond donors (Lipinski definition) is 2. The average molecular weight is 355 g/mol. The molecule has 25 heavy (non-hydrogen) atoms. The first-order chi connectivity index (χ1) is 12.1. The number of unbranched alkanes of at least 4 members (excludes halogenated alkanes) is 5. The van der Waals surface area contributed by atoms with E-state index in [1.165, 1.54) is 32.8 Å². The summed E-state index contributed by atoms with van der Waals surface area (Å²) in [5, 5.41) is 15.4. The molecule has 0 aromatic rings. The highest BCUT2D eigenvalue weighted by Crippen LogP contribution is 2.21. The van der Waals surface area contributed by atoms with Gasteiger partial charge in [-0.2, -0.15) is 0 Å². The summed E-state index contributed by atoms with van der Waals surface area (Å²) in [6.45, 7) is 2.76. The molecule has 1 rings (SSSR count). The van der Waals surface area contributed by atoms with Gasteiger partial charge in [0.2, 0.25) is 11.8 Å². The number of hydrogen-bond acceptors (Lipinski definition) is 5. The van der Waals surface area contributed by atoms with Crippen molar-refractivity contribution in [2.24, 2.45) is 5.16 Å². The molecule has 0 unspecified atom stereocenters. The smallest absolute Gasteiger partial charge is 0.223 e. The van der Waals surface area contributed by atoms with Crippen LogP contribution in [0.3, 0.4) is 0 Å². The van der Waals surface area contributed by atoms with Gasteiger partial charge in [-0.1, -0.05) is 44.2 Å². The van der Waals surface area contributed by atoms with Crippen LogP contribution < -0.4 is 5.32 Å². The second-order valence-electron chi connectivity index (χ2n) is 6.52. The highest BCUT2D eigenvalue weighted by Gasteiger charge is 2.34. The molecule has 0 aromatic carbocycles. The second-order valence-corrected chi connectivity index (χ2v) is 6.52. The molecule has 0 saturated carbocycles.